The lowest BCUT2D eigenvalue weighted by molar-refractivity contribution is -0.138. The van der Waals surface area contributed by atoms with Crippen molar-refractivity contribution in [2.24, 2.45) is 0 Å². The van der Waals surface area contributed by atoms with Crippen molar-refractivity contribution in [3.63, 3.8) is 0 Å². The van der Waals surface area contributed by atoms with E-state index in [1.807, 2.05) is 0 Å². The Balaban J connectivity index is 1.99. The summed E-state index contributed by atoms with van der Waals surface area (Å²) in [6.07, 6.45) is 25.2. The van der Waals surface area contributed by atoms with Crippen LogP contribution in [0.25, 0.3) is 0 Å². The Labute approximate surface area is 197 Å². The van der Waals surface area contributed by atoms with E-state index in [-0.39, 0.29) is 11.8 Å². The van der Waals surface area contributed by atoms with E-state index in [1.165, 1.54) is 113 Å². The van der Waals surface area contributed by atoms with Gasteiger partial charge in [-0.2, -0.15) is 11.8 Å². The number of nitrogens with zero attached hydrogens (tertiary/aromatic N) is 1. The quantitative estimate of drug-likeness (QED) is 0.122. The number of rotatable bonds is 22. The zero-order valence-corrected chi connectivity index (χ0v) is 21.6. The first-order chi connectivity index (χ1) is 15.2. The van der Waals surface area contributed by atoms with Gasteiger partial charge in [-0.05, 0) is 31.4 Å². The maximum Gasteiger partial charge on any atom is 0.229 e. The van der Waals surface area contributed by atoms with Gasteiger partial charge in [-0.1, -0.05) is 104 Å². The molecule has 3 nitrogen and oxygen atoms in total. The fourth-order valence-electron chi connectivity index (χ4n) is 4.45. The van der Waals surface area contributed by atoms with Crippen LogP contribution in [0, 0.1) is 0 Å². The molecule has 1 atom stereocenters. The van der Waals surface area contributed by atoms with Crippen molar-refractivity contribution in [2.75, 3.05) is 12.3 Å². The molecular formula is C27H51NO2S. The van der Waals surface area contributed by atoms with Crippen molar-refractivity contribution in [1.82, 2.24) is 4.90 Å². The highest BCUT2D eigenvalue weighted by atomic mass is 32.2. The number of hydrogen-bond acceptors (Lipinski definition) is 3. The van der Waals surface area contributed by atoms with E-state index in [1.54, 1.807) is 0 Å². The van der Waals surface area contributed by atoms with Crippen LogP contribution in [-0.4, -0.2) is 34.3 Å². The monoisotopic (exact) mass is 453 g/mol. The first-order valence-corrected chi connectivity index (χ1v) is 14.7. The Morgan fingerprint density at radius 3 is 1.71 bits per heavy atom. The number of amides is 2. The lowest BCUT2D eigenvalue weighted by atomic mass is 10.0. The van der Waals surface area contributed by atoms with Gasteiger partial charge in [-0.25, -0.2) is 0 Å². The fraction of sp³-hybridized carbons (Fsp3) is 0.926. The highest BCUT2D eigenvalue weighted by Gasteiger charge is 2.27. The molecule has 0 aromatic heterocycles. The van der Waals surface area contributed by atoms with Gasteiger partial charge in [-0.3, -0.25) is 14.5 Å². The van der Waals surface area contributed by atoms with Gasteiger partial charge in [0.15, 0.2) is 0 Å². The van der Waals surface area contributed by atoms with Crippen molar-refractivity contribution >= 4 is 23.6 Å². The first kappa shape index (κ1) is 28.5. The van der Waals surface area contributed by atoms with Crippen molar-refractivity contribution in [3.8, 4) is 0 Å². The highest BCUT2D eigenvalue weighted by Crippen LogP contribution is 2.25. The van der Waals surface area contributed by atoms with Gasteiger partial charge in [0.05, 0.1) is 0 Å². The largest absolute Gasteiger partial charge is 0.283 e. The summed E-state index contributed by atoms with van der Waals surface area (Å²) in [4.78, 5) is 24.8. The lowest BCUT2D eigenvalue weighted by Gasteiger charge is -2.17. The molecule has 4 heteroatoms. The molecule has 0 aliphatic carbocycles. The first-order valence-electron chi connectivity index (χ1n) is 13.6. The minimum absolute atomic E-state index is 0.0333. The number of hydrogen-bond donors (Lipinski definition) is 0. The number of thioether (sulfide) groups is 1. The number of unbranched alkanes of at least 4 members (excludes halogenated alkanes) is 13. The maximum absolute atomic E-state index is 11.6. The zero-order valence-electron chi connectivity index (χ0n) is 20.8. The molecule has 0 saturated carbocycles. The second-order valence-electron chi connectivity index (χ2n) is 9.46. The van der Waals surface area contributed by atoms with E-state index in [9.17, 15) is 9.59 Å². The molecule has 1 unspecified atom stereocenters. The SMILES string of the molecule is CCCCCCCCCCCCCC(CCCC)SCCCCCN1C(=O)CCC1=O. The Morgan fingerprint density at radius 2 is 1.13 bits per heavy atom. The molecule has 1 rings (SSSR count). The van der Waals surface area contributed by atoms with Crippen LogP contribution >= 0.6 is 11.8 Å². The minimum Gasteiger partial charge on any atom is -0.283 e. The molecule has 1 aliphatic rings. The standard InChI is InChI=1S/C27H51NO2S/c1-3-5-7-8-9-10-11-12-13-14-16-20-25(19-6-4-2)31-24-18-15-17-23-28-26(29)21-22-27(28)30/h25H,3-24H2,1-2H3. The summed E-state index contributed by atoms with van der Waals surface area (Å²) in [5.41, 5.74) is 0. The van der Waals surface area contributed by atoms with E-state index in [0.717, 1.165) is 18.1 Å². The van der Waals surface area contributed by atoms with Crippen LogP contribution < -0.4 is 0 Å². The van der Waals surface area contributed by atoms with Gasteiger partial charge in [-0.15, -0.1) is 0 Å². The van der Waals surface area contributed by atoms with Gasteiger partial charge in [0, 0.05) is 24.6 Å². The van der Waals surface area contributed by atoms with Gasteiger partial charge in [0.1, 0.15) is 0 Å². The molecule has 0 N–H and O–H groups in total. The van der Waals surface area contributed by atoms with Crippen molar-refractivity contribution in [3.05, 3.63) is 0 Å². The Hall–Kier alpha value is -0.510. The Kier molecular flexibility index (Phi) is 18.5. The molecule has 0 aromatic rings. The van der Waals surface area contributed by atoms with Gasteiger partial charge in [0.2, 0.25) is 11.8 Å². The topological polar surface area (TPSA) is 37.4 Å². The Bertz CT molecular complexity index is 439. The smallest absolute Gasteiger partial charge is 0.229 e. The summed E-state index contributed by atoms with van der Waals surface area (Å²) < 4.78 is 0. The van der Waals surface area contributed by atoms with Crippen LogP contribution in [0.1, 0.15) is 142 Å². The summed E-state index contributed by atoms with van der Waals surface area (Å²) in [6.45, 7) is 5.22. The average Bonchev–Trinajstić information content (AvgIpc) is 3.09. The van der Waals surface area contributed by atoms with Crippen LogP contribution in [0.4, 0.5) is 0 Å². The van der Waals surface area contributed by atoms with E-state index in [4.69, 9.17) is 0 Å². The molecule has 1 fully saturated rings. The summed E-state index contributed by atoms with van der Waals surface area (Å²) in [6, 6.07) is 0. The van der Waals surface area contributed by atoms with Crippen LogP contribution in [0.3, 0.4) is 0 Å². The third-order valence-corrected chi connectivity index (χ3v) is 8.01. The van der Waals surface area contributed by atoms with Crippen molar-refractivity contribution in [1.29, 1.82) is 0 Å². The summed E-state index contributed by atoms with van der Waals surface area (Å²) in [7, 11) is 0. The van der Waals surface area contributed by atoms with Crippen molar-refractivity contribution < 1.29 is 9.59 Å². The second-order valence-corrected chi connectivity index (χ2v) is 10.9. The molecule has 2 amide bonds. The zero-order chi connectivity index (χ0) is 22.6. The van der Waals surface area contributed by atoms with Gasteiger partial charge < -0.3 is 0 Å². The van der Waals surface area contributed by atoms with E-state index in [0.29, 0.717) is 19.4 Å². The van der Waals surface area contributed by atoms with Crippen LogP contribution in [-0.2, 0) is 9.59 Å². The molecule has 0 aromatic carbocycles. The van der Waals surface area contributed by atoms with E-state index in [2.05, 4.69) is 25.6 Å². The maximum atomic E-state index is 11.6. The molecule has 31 heavy (non-hydrogen) atoms. The van der Waals surface area contributed by atoms with E-state index < -0.39 is 0 Å². The molecule has 0 spiro atoms. The number of likely N-dealkylation sites (tertiary alicyclic amines) is 1. The van der Waals surface area contributed by atoms with Crippen LogP contribution in [0.5, 0.6) is 0 Å². The number of imide groups is 1. The van der Waals surface area contributed by atoms with Gasteiger partial charge in [0.25, 0.3) is 0 Å². The predicted molar refractivity (Wildman–Crippen MR) is 137 cm³/mol. The summed E-state index contributed by atoms with van der Waals surface area (Å²) in [5, 5.41) is 0.834. The predicted octanol–water partition coefficient (Wildman–Crippen LogP) is 8.30. The normalized spacial score (nSPS) is 15.2. The summed E-state index contributed by atoms with van der Waals surface area (Å²) in [5.74, 6) is 1.30. The lowest BCUT2D eigenvalue weighted by Crippen LogP contribution is -2.29. The minimum atomic E-state index is 0.0333. The van der Waals surface area contributed by atoms with Crippen LogP contribution in [0.2, 0.25) is 0 Å². The molecule has 1 saturated heterocycles. The van der Waals surface area contributed by atoms with E-state index >= 15 is 0 Å². The molecule has 0 bridgehead atoms. The highest BCUT2D eigenvalue weighted by molar-refractivity contribution is 7.99. The number of carbonyl (C=O) groups is 2. The Morgan fingerprint density at radius 1 is 0.645 bits per heavy atom. The fourth-order valence-corrected chi connectivity index (χ4v) is 5.82. The molecule has 182 valence electrons. The number of carbonyl (C=O) groups excluding carboxylic acids is 2. The molecule has 0 radical (unpaired) electrons. The van der Waals surface area contributed by atoms with Crippen LogP contribution in [0.15, 0.2) is 0 Å². The molecule has 1 aliphatic heterocycles. The third kappa shape index (κ3) is 15.0. The molecule has 1 heterocycles. The van der Waals surface area contributed by atoms with Gasteiger partial charge >= 0.3 is 0 Å². The van der Waals surface area contributed by atoms with Crippen molar-refractivity contribution in [2.45, 2.75) is 148 Å². The second kappa shape index (κ2) is 20.1. The molecular weight excluding hydrogens is 402 g/mol. The third-order valence-electron chi connectivity index (χ3n) is 6.54. The summed E-state index contributed by atoms with van der Waals surface area (Å²) >= 11 is 2.18. The average molecular weight is 454 g/mol.